The molecule has 3 aromatic carbocycles. The van der Waals surface area contributed by atoms with E-state index in [2.05, 4.69) is 43.9 Å². The van der Waals surface area contributed by atoms with Gasteiger partial charge in [0.25, 0.3) is 21.8 Å². The molecule has 4 aromatic rings. The van der Waals surface area contributed by atoms with Crippen LogP contribution in [0.25, 0.3) is 0 Å². The van der Waals surface area contributed by atoms with Gasteiger partial charge in [0.1, 0.15) is 0 Å². The van der Waals surface area contributed by atoms with E-state index < -0.39 is 27.9 Å². The van der Waals surface area contributed by atoms with Crippen molar-refractivity contribution in [1.82, 2.24) is 19.5 Å². The maximum absolute atomic E-state index is 14.5. The smallest absolute Gasteiger partial charge is 0.264 e. The van der Waals surface area contributed by atoms with E-state index in [-0.39, 0.29) is 46.4 Å². The molecular formula is C38H44N6O7S2. The number of thiazole rings is 1. The van der Waals surface area contributed by atoms with Crippen LogP contribution in [-0.4, -0.2) is 87.9 Å². The summed E-state index contributed by atoms with van der Waals surface area (Å²) in [7, 11) is -0.915. The number of aryl methyl sites for hydroxylation is 1. The molecule has 15 heteroatoms. The number of hydrogen-bond acceptors (Lipinski definition) is 11. The van der Waals surface area contributed by atoms with Crippen LogP contribution >= 0.6 is 11.3 Å². The van der Waals surface area contributed by atoms with Crippen molar-refractivity contribution in [3.63, 3.8) is 0 Å². The summed E-state index contributed by atoms with van der Waals surface area (Å²) >= 11 is 0.867. The normalized spacial score (nSPS) is 16.0. The number of benzene rings is 3. The number of methoxy groups -OCH3 is 2. The lowest BCUT2D eigenvalue weighted by atomic mass is 9.99. The third-order valence-electron chi connectivity index (χ3n) is 9.74. The molecule has 0 unspecified atom stereocenters. The summed E-state index contributed by atoms with van der Waals surface area (Å²) in [6.07, 6.45) is 0.546. The first-order valence-corrected chi connectivity index (χ1v) is 19.7. The molecule has 53 heavy (non-hydrogen) atoms. The largest absolute Gasteiger partial charge is 0.493 e. The van der Waals surface area contributed by atoms with E-state index in [0.29, 0.717) is 41.3 Å². The Hall–Kier alpha value is -4.83. The summed E-state index contributed by atoms with van der Waals surface area (Å²) in [4.78, 5) is 50.2. The number of anilines is 2. The van der Waals surface area contributed by atoms with Gasteiger partial charge in [-0.15, -0.1) is 0 Å². The van der Waals surface area contributed by atoms with E-state index in [1.165, 1.54) is 31.6 Å². The topological polar surface area (TPSA) is 150 Å². The van der Waals surface area contributed by atoms with Gasteiger partial charge in [-0.1, -0.05) is 53.8 Å². The van der Waals surface area contributed by atoms with Crippen molar-refractivity contribution in [3.05, 3.63) is 94.7 Å². The zero-order chi connectivity index (χ0) is 37.9. The molecule has 2 atom stereocenters. The molecule has 0 bridgehead atoms. The number of carbonyl (C=O) groups excluding carboxylic acids is 3. The molecule has 1 fully saturated rings. The molecular weight excluding hydrogens is 717 g/mol. The van der Waals surface area contributed by atoms with Crippen molar-refractivity contribution < 1.29 is 32.3 Å². The number of carbonyl (C=O) groups is 3. The maximum Gasteiger partial charge on any atom is 0.264 e. The number of rotatable bonds is 14. The Balaban J connectivity index is 1.22. The highest BCUT2D eigenvalue weighted by Gasteiger charge is 2.43. The van der Waals surface area contributed by atoms with E-state index in [1.54, 1.807) is 31.2 Å². The Morgan fingerprint density at radius 3 is 2.32 bits per heavy atom. The second-order valence-corrected chi connectivity index (χ2v) is 16.0. The van der Waals surface area contributed by atoms with Gasteiger partial charge >= 0.3 is 0 Å². The summed E-state index contributed by atoms with van der Waals surface area (Å²) in [6, 6.07) is 20.6. The molecule has 2 aliphatic heterocycles. The Morgan fingerprint density at radius 2 is 1.64 bits per heavy atom. The van der Waals surface area contributed by atoms with Gasteiger partial charge in [0.2, 0.25) is 5.91 Å². The number of fused-ring (bicyclic) bond motifs is 1. The highest BCUT2D eigenvalue weighted by molar-refractivity contribution is 7.91. The van der Waals surface area contributed by atoms with Gasteiger partial charge < -0.3 is 19.7 Å². The third kappa shape index (κ3) is 7.93. The lowest BCUT2D eigenvalue weighted by Gasteiger charge is -2.39. The Labute approximate surface area is 314 Å². The third-order valence-corrected chi connectivity index (χ3v) is 12.9. The molecule has 0 aliphatic carbocycles. The van der Waals surface area contributed by atoms with Crippen molar-refractivity contribution in [2.24, 2.45) is 0 Å². The van der Waals surface area contributed by atoms with Crippen LogP contribution in [0.3, 0.4) is 0 Å². The van der Waals surface area contributed by atoms with Crippen LogP contribution in [0.2, 0.25) is 0 Å². The van der Waals surface area contributed by atoms with E-state index in [0.717, 1.165) is 30.1 Å². The van der Waals surface area contributed by atoms with E-state index in [1.807, 2.05) is 30.3 Å². The zero-order valence-electron chi connectivity index (χ0n) is 30.4. The number of imide groups is 1. The predicted molar refractivity (Wildman–Crippen MR) is 203 cm³/mol. The first kappa shape index (κ1) is 37.9. The minimum Gasteiger partial charge on any atom is -0.493 e. The van der Waals surface area contributed by atoms with Crippen LogP contribution in [0.4, 0.5) is 10.8 Å². The van der Waals surface area contributed by atoms with Crippen LogP contribution in [-0.2, 0) is 14.8 Å². The molecule has 2 aliphatic rings. The van der Waals surface area contributed by atoms with Crippen molar-refractivity contribution >= 4 is 49.9 Å². The first-order valence-electron chi connectivity index (χ1n) is 17.4. The number of piperazine rings is 1. The molecule has 0 radical (unpaired) electrons. The summed E-state index contributed by atoms with van der Waals surface area (Å²) in [6.45, 7) is 8.09. The Kier molecular flexibility index (Phi) is 11.5. The van der Waals surface area contributed by atoms with Gasteiger partial charge in [-0.2, -0.15) is 0 Å². The zero-order valence-corrected chi connectivity index (χ0v) is 32.1. The van der Waals surface area contributed by atoms with Crippen LogP contribution < -0.4 is 24.4 Å². The Bertz CT molecular complexity index is 2100. The molecule has 1 saturated heterocycles. The average Bonchev–Trinajstić information content (AvgIpc) is 3.66. The summed E-state index contributed by atoms with van der Waals surface area (Å²) in [5.74, 6) is -0.229. The molecule has 2 N–H and O–H groups in total. The minimum atomic E-state index is -3.95. The molecule has 3 heterocycles. The fourth-order valence-corrected chi connectivity index (χ4v) is 9.61. The van der Waals surface area contributed by atoms with Gasteiger partial charge in [0.05, 0.1) is 42.8 Å². The van der Waals surface area contributed by atoms with Gasteiger partial charge in [-0.3, -0.25) is 24.2 Å². The standard InChI is InChI=1S/C38H44N6O7S2/c1-24-37(52-38(40-24)41-26(3)45)53(48,49)39-18-10-15-30(28-16-17-32(50-4)33(23-28)51-5)44-35(46)29-13-9-14-31(34(29)36(44)47)43-21-19-42(20-22-43)25(2)27-11-7-6-8-12-27/h6-9,11-14,16-17,23,25,30,39H,10,15,18-22H2,1-5H3,(H,40,41,45)/t25-,30-/m1/s1. The van der Waals surface area contributed by atoms with Crippen LogP contribution in [0.1, 0.15) is 76.3 Å². The molecule has 6 rings (SSSR count). The lowest BCUT2D eigenvalue weighted by Crippen LogP contribution is -2.47. The number of nitrogens with one attached hydrogen (secondary N) is 2. The number of aromatic nitrogens is 1. The second kappa shape index (κ2) is 16.0. The second-order valence-electron chi connectivity index (χ2n) is 13.0. The van der Waals surface area contributed by atoms with Crippen molar-refractivity contribution in [1.29, 1.82) is 0 Å². The van der Waals surface area contributed by atoms with E-state index >= 15 is 0 Å². The maximum atomic E-state index is 14.5. The lowest BCUT2D eigenvalue weighted by molar-refractivity contribution is -0.114. The number of nitrogens with zero attached hydrogens (tertiary/aromatic N) is 4. The quantitative estimate of drug-likeness (QED) is 0.126. The van der Waals surface area contributed by atoms with Crippen LogP contribution in [0.15, 0.2) is 70.9 Å². The first-order chi connectivity index (χ1) is 25.4. The van der Waals surface area contributed by atoms with Crippen LogP contribution in [0.5, 0.6) is 11.5 Å². The molecule has 3 amide bonds. The van der Waals surface area contributed by atoms with E-state index in [4.69, 9.17) is 9.47 Å². The van der Waals surface area contributed by atoms with Crippen molar-refractivity contribution in [3.8, 4) is 11.5 Å². The minimum absolute atomic E-state index is 0.000856. The number of sulfonamides is 1. The number of amides is 3. The summed E-state index contributed by atoms with van der Waals surface area (Å²) in [5, 5.41) is 2.71. The van der Waals surface area contributed by atoms with E-state index in [9.17, 15) is 22.8 Å². The number of hydrogen-bond donors (Lipinski definition) is 2. The molecule has 1 aromatic heterocycles. The van der Waals surface area contributed by atoms with Crippen molar-refractivity contribution in [2.75, 3.05) is 57.2 Å². The van der Waals surface area contributed by atoms with Gasteiger partial charge in [0.15, 0.2) is 20.8 Å². The fourth-order valence-electron chi connectivity index (χ4n) is 7.03. The van der Waals surface area contributed by atoms with Gasteiger partial charge in [-0.05, 0) is 62.1 Å². The van der Waals surface area contributed by atoms with Crippen molar-refractivity contribution in [2.45, 2.75) is 49.9 Å². The highest BCUT2D eigenvalue weighted by atomic mass is 32.2. The van der Waals surface area contributed by atoms with Gasteiger partial charge in [0, 0.05) is 45.7 Å². The predicted octanol–water partition coefficient (Wildman–Crippen LogP) is 5.41. The molecule has 0 spiro atoms. The fraction of sp³-hybridized carbons (Fsp3) is 0.368. The molecule has 280 valence electrons. The Morgan fingerprint density at radius 1 is 0.925 bits per heavy atom. The average molecular weight is 761 g/mol. The van der Waals surface area contributed by atoms with Gasteiger partial charge in [-0.25, -0.2) is 18.1 Å². The number of ether oxygens (including phenoxy) is 2. The van der Waals surface area contributed by atoms with Crippen LogP contribution in [0, 0.1) is 6.92 Å². The molecule has 13 nitrogen and oxygen atoms in total. The summed E-state index contributed by atoms with van der Waals surface area (Å²) < 4.78 is 40.1. The SMILES string of the molecule is COc1ccc([C@@H](CCCNS(=O)(=O)c2sc(NC(C)=O)nc2C)N2C(=O)c3cccc(N4CCN([C@H](C)c5ccccc5)CC4)c3C2=O)cc1OC. The monoisotopic (exact) mass is 760 g/mol. The summed E-state index contributed by atoms with van der Waals surface area (Å²) in [5.41, 5.74) is 3.61. The highest BCUT2D eigenvalue weighted by Crippen LogP contribution is 2.41. The molecule has 0 saturated carbocycles.